The quantitative estimate of drug-likeness (QED) is 0.739. The molecule has 3 N–H and O–H groups in total. The van der Waals surface area contributed by atoms with Crippen LogP contribution >= 0.6 is 11.3 Å². The summed E-state index contributed by atoms with van der Waals surface area (Å²) in [5.41, 5.74) is 0.123. The van der Waals surface area contributed by atoms with Gasteiger partial charge in [0.05, 0.1) is 11.3 Å². The largest absolute Gasteiger partial charge is 0.506 e. The van der Waals surface area contributed by atoms with Crippen LogP contribution in [-0.2, 0) is 11.2 Å². The lowest BCUT2D eigenvalue weighted by Crippen LogP contribution is -2.12. The van der Waals surface area contributed by atoms with Crippen LogP contribution in [-0.4, -0.2) is 22.1 Å². The molecule has 0 spiro atoms. The molecule has 1 aromatic heterocycles. The minimum atomic E-state index is -1.11. The van der Waals surface area contributed by atoms with Crippen LogP contribution in [0.5, 0.6) is 5.75 Å². The number of benzene rings is 1. The molecular weight excluding hydrogens is 278 g/mol. The van der Waals surface area contributed by atoms with Gasteiger partial charge < -0.3 is 15.5 Å². The summed E-state index contributed by atoms with van der Waals surface area (Å²) in [5.74, 6) is -1.53. The Morgan fingerprint density at radius 2 is 2.05 bits per heavy atom. The maximum absolute atomic E-state index is 11.8. The first-order chi connectivity index (χ1) is 9.56. The second-order valence-electron chi connectivity index (χ2n) is 4.16. The molecule has 0 bridgehead atoms. The van der Waals surface area contributed by atoms with Gasteiger partial charge >= 0.3 is 5.97 Å². The number of carboxylic acids is 1. The van der Waals surface area contributed by atoms with E-state index in [0.717, 1.165) is 4.88 Å². The van der Waals surface area contributed by atoms with Crippen molar-refractivity contribution in [2.24, 2.45) is 0 Å². The van der Waals surface area contributed by atoms with E-state index in [9.17, 15) is 14.7 Å². The van der Waals surface area contributed by atoms with Crippen LogP contribution in [0.25, 0.3) is 0 Å². The van der Waals surface area contributed by atoms with Crippen molar-refractivity contribution >= 4 is 28.9 Å². The average molecular weight is 291 g/mol. The van der Waals surface area contributed by atoms with Crippen molar-refractivity contribution in [3.05, 3.63) is 46.2 Å². The monoisotopic (exact) mass is 291 g/mol. The van der Waals surface area contributed by atoms with Crippen LogP contribution in [0.15, 0.2) is 35.7 Å². The zero-order valence-corrected chi connectivity index (χ0v) is 11.3. The van der Waals surface area contributed by atoms with Gasteiger partial charge in [-0.1, -0.05) is 6.07 Å². The summed E-state index contributed by atoms with van der Waals surface area (Å²) in [4.78, 5) is 23.7. The maximum Gasteiger partial charge on any atom is 0.335 e. The summed E-state index contributed by atoms with van der Waals surface area (Å²) in [7, 11) is 0. The van der Waals surface area contributed by atoms with E-state index in [2.05, 4.69) is 5.32 Å². The molecule has 2 rings (SSSR count). The molecule has 5 nitrogen and oxygen atoms in total. The standard InChI is InChI=1S/C14H13NO4S/c16-12-5-3-9(14(18)19)8-11(12)15-13(17)6-4-10-2-1-7-20-10/h1-3,5,7-8,16H,4,6H2,(H,15,17)(H,18,19). The molecule has 20 heavy (non-hydrogen) atoms. The van der Waals surface area contributed by atoms with Crippen molar-refractivity contribution in [1.29, 1.82) is 0 Å². The van der Waals surface area contributed by atoms with E-state index in [1.54, 1.807) is 11.3 Å². The molecule has 104 valence electrons. The number of rotatable bonds is 5. The SMILES string of the molecule is O=C(CCc1cccs1)Nc1cc(C(=O)O)ccc1O. The molecule has 1 aromatic carbocycles. The van der Waals surface area contributed by atoms with E-state index in [1.807, 2.05) is 17.5 Å². The highest BCUT2D eigenvalue weighted by molar-refractivity contribution is 7.09. The molecule has 0 atom stereocenters. The number of hydrogen-bond acceptors (Lipinski definition) is 4. The summed E-state index contributed by atoms with van der Waals surface area (Å²) in [6, 6.07) is 7.62. The van der Waals surface area contributed by atoms with Crippen molar-refractivity contribution in [2.75, 3.05) is 5.32 Å². The summed E-state index contributed by atoms with van der Waals surface area (Å²) in [6.45, 7) is 0. The molecule has 0 fully saturated rings. The van der Waals surface area contributed by atoms with Crippen molar-refractivity contribution in [3.63, 3.8) is 0 Å². The number of carbonyl (C=O) groups excluding carboxylic acids is 1. The number of thiophene rings is 1. The molecule has 0 unspecified atom stereocenters. The lowest BCUT2D eigenvalue weighted by atomic mass is 10.1. The van der Waals surface area contributed by atoms with Gasteiger partial charge in [0.2, 0.25) is 5.91 Å². The highest BCUT2D eigenvalue weighted by atomic mass is 32.1. The molecule has 1 heterocycles. The maximum atomic E-state index is 11.8. The highest BCUT2D eigenvalue weighted by Gasteiger charge is 2.10. The van der Waals surface area contributed by atoms with Crippen molar-refractivity contribution in [3.8, 4) is 5.75 Å². The Bertz CT molecular complexity index is 622. The summed E-state index contributed by atoms with van der Waals surface area (Å²) in [5, 5.41) is 22.9. The van der Waals surface area contributed by atoms with Gasteiger partial charge in [0, 0.05) is 11.3 Å². The predicted octanol–water partition coefficient (Wildman–Crippen LogP) is 2.72. The van der Waals surface area contributed by atoms with E-state index >= 15 is 0 Å². The number of aromatic hydroxyl groups is 1. The van der Waals surface area contributed by atoms with Crippen molar-refractivity contribution in [2.45, 2.75) is 12.8 Å². The predicted molar refractivity (Wildman–Crippen MR) is 76.3 cm³/mol. The van der Waals surface area contributed by atoms with Crippen LogP contribution in [0.2, 0.25) is 0 Å². The number of carbonyl (C=O) groups is 2. The van der Waals surface area contributed by atoms with E-state index < -0.39 is 5.97 Å². The fraction of sp³-hybridized carbons (Fsp3) is 0.143. The Morgan fingerprint density at radius 3 is 2.70 bits per heavy atom. The number of nitrogens with one attached hydrogen (secondary N) is 1. The smallest absolute Gasteiger partial charge is 0.335 e. The fourth-order valence-electron chi connectivity index (χ4n) is 1.67. The molecule has 1 amide bonds. The number of aromatic carboxylic acids is 1. The number of carboxylic acid groups (broad SMARTS) is 1. The van der Waals surface area contributed by atoms with Crippen LogP contribution in [0.3, 0.4) is 0 Å². The Hall–Kier alpha value is -2.34. The minimum absolute atomic E-state index is 0.0105. The number of phenolic OH excluding ortho intramolecular Hbond substituents is 1. The third kappa shape index (κ3) is 3.58. The Balaban J connectivity index is 2.00. The first-order valence-corrected chi connectivity index (χ1v) is 6.83. The number of anilines is 1. The Morgan fingerprint density at radius 1 is 1.25 bits per heavy atom. The van der Waals surface area contributed by atoms with Gasteiger partial charge in [-0.2, -0.15) is 0 Å². The van der Waals surface area contributed by atoms with E-state index in [1.165, 1.54) is 18.2 Å². The Kier molecular flexibility index (Phi) is 4.37. The van der Waals surface area contributed by atoms with E-state index in [-0.39, 0.29) is 29.3 Å². The fourth-order valence-corrected chi connectivity index (χ4v) is 2.38. The van der Waals surface area contributed by atoms with Crippen molar-refractivity contribution in [1.82, 2.24) is 0 Å². The van der Waals surface area contributed by atoms with Crippen molar-refractivity contribution < 1.29 is 19.8 Å². The molecule has 2 aromatic rings. The van der Waals surface area contributed by atoms with Gasteiger partial charge in [0.15, 0.2) is 0 Å². The molecule has 0 radical (unpaired) electrons. The number of amides is 1. The van der Waals surface area contributed by atoms with E-state index in [4.69, 9.17) is 5.11 Å². The highest BCUT2D eigenvalue weighted by Crippen LogP contribution is 2.24. The lowest BCUT2D eigenvalue weighted by molar-refractivity contribution is -0.116. The van der Waals surface area contributed by atoms with Gasteiger partial charge in [-0.05, 0) is 36.1 Å². The van der Waals surface area contributed by atoms with Crippen LogP contribution in [0, 0.1) is 0 Å². The molecule has 0 aliphatic rings. The van der Waals surface area contributed by atoms with E-state index in [0.29, 0.717) is 6.42 Å². The molecule has 6 heteroatoms. The summed E-state index contributed by atoms with van der Waals surface area (Å²) >= 11 is 1.57. The summed E-state index contributed by atoms with van der Waals surface area (Å²) < 4.78 is 0. The third-order valence-corrected chi connectivity index (χ3v) is 3.63. The first kappa shape index (κ1) is 14.1. The van der Waals surface area contributed by atoms with Gasteiger partial charge in [0.1, 0.15) is 5.75 Å². The van der Waals surface area contributed by atoms with Gasteiger partial charge in [-0.25, -0.2) is 4.79 Å². The summed E-state index contributed by atoms with van der Waals surface area (Å²) in [6.07, 6.45) is 0.889. The zero-order valence-electron chi connectivity index (χ0n) is 10.5. The average Bonchev–Trinajstić information content (AvgIpc) is 2.92. The van der Waals surface area contributed by atoms with Crippen LogP contribution < -0.4 is 5.32 Å². The zero-order chi connectivity index (χ0) is 14.5. The third-order valence-electron chi connectivity index (χ3n) is 2.70. The molecule has 0 saturated carbocycles. The molecule has 0 saturated heterocycles. The molecular formula is C14H13NO4S. The first-order valence-electron chi connectivity index (χ1n) is 5.95. The second kappa shape index (κ2) is 6.21. The van der Waals surface area contributed by atoms with Gasteiger partial charge in [0.25, 0.3) is 0 Å². The lowest BCUT2D eigenvalue weighted by Gasteiger charge is -2.08. The number of hydrogen-bond donors (Lipinski definition) is 3. The second-order valence-corrected chi connectivity index (χ2v) is 5.20. The minimum Gasteiger partial charge on any atom is -0.506 e. The molecule has 0 aliphatic carbocycles. The van der Waals surface area contributed by atoms with Gasteiger partial charge in [-0.15, -0.1) is 11.3 Å². The number of aryl methyl sites for hydroxylation is 1. The topological polar surface area (TPSA) is 86.6 Å². The van der Waals surface area contributed by atoms with Crippen LogP contribution in [0.1, 0.15) is 21.7 Å². The van der Waals surface area contributed by atoms with Crippen LogP contribution in [0.4, 0.5) is 5.69 Å². The number of phenols is 1. The Labute approximate surface area is 119 Å². The van der Waals surface area contributed by atoms with Gasteiger partial charge in [-0.3, -0.25) is 4.79 Å². The molecule has 0 aliphatic heterocycles. The normalized spacial score (nSPS) is 10.2.